The van der Waals surface area contributed by atoms with Crippen LogP contribution in [-0.4, -0.2) is 53.1 Å². The van der Waals surface area contributed by atoms with Gasteiger partial charge in [0, 0.05) is 26.2 Å². The number of rotatable bonds is 3. The van der Waals surface area contributed by atoms with Gasteiger partial charge in [-0.05, 0) is 38.5 Å². The molecule has 2 rings (SSSR count). The highest BCUT2D eigenvalue weighted by Gasteiger charge is 2.41. The van der Waals surface area contributed by atoms with Gasteiger partial charge in [-0.15, -0.1) is 0 Å². The third-order valence-electron chi connectivity index (χ3n) is 4.74. The lowest BCUT2D eigenvalue weighted by Crippen LogP contribution is -2.52. The maximum Gasteiger partial charge on any atom is 0.320 e. The molecule has 2 unspecified atom stereocenters. The molecule has 20 heavy (non-hydrogen) atoms. The zero-order chi connectivity index (χ0) is 14.8. The van der Waals surface area contributed by atoms with Crippen LogP contribution in [0.3, 0.4) is 0 Å². The van der Waals surface area contributed by atoms with Crippen molar-refractivity contribution in [2.75, 3.05) is 26.2 Å². The second-order valence-corrected chi connectivity index (χ2v) is 6.56. The molecule has 0 saturated carbocycles. The Morgan fingerprint density at radius 3 is 2.70 bits per heavy atom. The van der Waals surface area contributed by atoms with Crippen molar-refractivity contribution in [3.63, 3.8) is 0 Å². The number of carboxylic acids is 1. The summed E-state index contributed by atoms with van der Waals surface area (Å²) in [6.45, 7) is 6.62. The van der Waals surface area contributed by atoms with Crippen LogP contribution in [0.1, 0.15) is 46.0 Å². The molecule has 0 spiro atoms. The van der Waals surface area contributed by atoms with Gasteiger partial charge in [-0.3, -0.25) is 4.79 Å². The van der Waals surface area contributed by atoms with Crippen molar-refractivity contribution in [2.45, 2.75) is 46.0 Å². The molecule has 1 N–H and O–H groups in total. The van der Waals surface area contributed by atoms with Crippen molar-refractivity contribution in [3.05, 3.63) is 0 Å². The number of piperidine rings is 1. The number of urea groups is 1. The Bertz CT molecular complexity index is 385. The zero-order valence-electron chi connectivity index (χ0n) is 12.6. The highest BCUT2D eigenvalue weighted by atomic mass is 16.4. The third-order valence-corrected chi connectivity index (χ3v) is 4.74. The summed E-state index contributed by atoms with van der Waals surface area (Å²) < 4.78 is 0. The summed E-state index contributed by atoms with van der Waals surface area (Å²) in [5.74, 6) is -0.167. The van der Waals surface area contributed by atoms with Crippen molar-refractivity contribution in [1.29, 1.82) is 0 Å². The molecule has 0 aliphatic carbocycles. The second kappa shape index (κ2) is 6.02. The SMILES string of the molecule is CCCC1CCN(C(=O)N2CCCC(C)(C(=O)O)C2)C1. The van der Waals surface area contributed by atoms with Gasteiger partial charge in [-0.1, -0.05) is 13.3 Å². The first-order chi connectivity index (χ1) is 9.46. The molecule has 2 aliphatic heterocycles. The predicted molar refractivity (Wildman–Crippen MR) is 76.5 cm³/mol. The van der Waals surface area contributed by atoms with Gasteiger partial charge in [-0.25, -0.2) is 4.79 Å². The normalized spacial score (nSPS) is 30.6. The first-order valence-corrected chi connectivity index (χ1v) is 7.73. The number of amides is 2. The third kappa shape index (κ3) is 3.07. The maximum absolute atomic E-state index is 12.5. The van der Waals surface area contributed by atoms with E-state index in [0.717, 1.165) is 32.4 Å². The van der Waals surface area contributed by atoms with E-state index < -0.39 is 11.4 Å². The van der Waals surface area contributed by atoms with E-state index in [1.807, 2.05) is 4.90 Å². The Labute approximate surface area is 120 Å². The van der Waals surface area contributed by atoms with E-state index in [0.29, 0.717) is 25.4 Å². The number of carbonyl (C=O) groups is 2. The highest BCUT2D eigenvalue weighted by Crippen LogP contribution is 2.31. The Hall–Kier alpha value is -1.26. The number of carboxylic acid groups (broad SMARTS) is 1. The van der Waals surface area contributed by atoms with Crippen LogP contribution in [0.15, 0.2) is 0 Å². The van der Waals surface area contributed by atoms with Crippen molar-refractivity contribution in [1.82, 2.24) is 9.80 Å². The monoisotopic (exact) mass is 282 g/mol. The van der Waals surface area contributed by atoms with Gasteiger partial charge in [0.1, 0.15) is 0 Å². The number of aliphatic carboxylic acids is 1. The molecule has 0 radical (unpaired) electrons. The van der Waals surface area contributed by atoms with E-state index in [4.69, 9.17) is 0 Å². The van der Waals surface area contributed by atoms with Gasteiger partial charge >= 0.3 is 12.0 Å². The zero-order valence-corrected chi connectivity index (χ0v) is 12.6. The number of hydrogen-bond donors (Lipinski definition) is 1. The second-order valence-electron chi connectivity index (χ2n) is 6.56. The quantitative estimate of drug-likeness (QED) is 0.864. The average Bonchev–Trinajstić information content (AvgIpc) is 2.87. The minimum Gasteiger partial charge on any atom is -0.481 e. The maximum atomic E-state index is 12.5. The highest BCUT2D eigenvalue weighted by molar-refractivity contribution is 5.78. The number of nitrogens with zero attached hydrogens (tertiary/aromatic N) is 2. The molecule has 0 aromatic rings. The largest absolute Gasteiger partial charge is 0.481 e. The number of hydrogen-bond acceptors (Lipinski definition) is 2. The van der Waals surface area contributed by atoms with Crippen LogP contribution in [0.5, 0.6) is 0 Å². The Morgan fingerprint density at radius 1 is 1.30 bits per heavy atom. The molecule has 2 fully saturated rings. The molecule has 2 aliphatic rings. The van der Waals surface area contributed by atoms with Crippen molar-refractivity contribution >= 4 is 12.0 Å². The van der Waals surface area contributed by atoms with Crippen molar-refractivity contribution in [3.8, 4) is 0 Å². The molecule has 0 bridgehead atoms. The average molecular weight is 282 g/mol. The van der Waals surface area contributed by atoms with E-state index >= 15 is 0 Å². The summed E-state index contributed by atoms with van der Waals surface area (Å²) in [6, 6.07) is 0.0378. The molecule has 2 heterocycles. The standard InChI is InChI=1S/C15H26N2O3/c1-3-5-12-6-9-16(10-12)14(20)17-8-4-7-15(2,11-17)13(18)19/h12H,3-11H2,1-2H3,(H,18,19). The van der Waals surface area contributed by atoms with E-state index in [1.54, 1.807) is 11.8 Å². The predicted octanol–water partition coefficient (Wildman–Crippen LogP) is 2.42. The summed E-state index contributed by atoms with van der Waals surface area (Å²) in [5.41, 5.74) is -0.781. The summed E-state index contributed by atoms with van der Waals surface area (Å²) >= 11 is 0. The molecular formula is C15H26N2O3. The molecule has 0 aromatic carbocycles. The minimum absolute atomic E-state index is 0.0378. The van der Waals surface area contributed by atoms with Crippen LogP contribution in [0.2, 0.25) is 0 Å². The van der Waals surface area contributed by atoms with Crippen LogP contribution >= 0.6 is 0 Å². The van der Waals surface area contributed by atoms with E-state index in [2.05, 4.69) is 6.92 Å². The summed E-state index contributed by atoms with van der Waals surface area (Å²) in [5, 5.41) is 9.32. The topological polar surface area (TPSA) is 60.9 Å². The summed E-state index contributed by atoms with van der Waals surface area (Å²) in [7, 11) is 0. The molecule has 2 amide bonds. The summed E-state index contributed by atoms with van der Waals surface area (Å²) in [4.78, 5) is 27.5. The van der Waals surface area contributed by atoms with Crippen LogP contribution < -0.4 is 0 Å². The van der Waals surface area contributed by atoms with Gasteiger partial charge in [-0.2, -0.15) is 0 Å². The van der Waals surface area contributed by atoms with E-state index in [9.17, 15) is 14.7 Å². The fourth-order valence-corrected chi connectivity index (χ4v) is 3.43. The van der Waals surface area contributed by atoms with Gasteiger partial charge in [0.05, 0.1) is 5.41 Å². The molecule has 0 aromatic heterocycles. The van der Waals surface area contributed by atoms with Crippen molar-refractivity contribution < 1.29 is 14.7 Å². The van der Waals surface area contributed by atoms with Crippen LogP contribution in [0.25, 0.3) is 0 Å². The molecule has 5 heteroatoms. The van der Waals surface area contributed by atoms with E-state index in [1.165, 1.54) is 6.42 Å². The van der Waals surface area contributed by atoms with Crippen LogP contribution in [0, 0.1) is 11.3 Å². The van der Waals surface area contributed by atoms with Crippen LogP contribution in [-0.2, 0) is 4.79 Å². The lowest BCUT2D eigenvalue weighted by atomic mass is 9.82. The lowest BCUT2D eigenvalue weighted by Gasteiger charge is -2.39. The Morgan fingerprint density at radius 2 is 2.05 bits per heavy atom. The smallest absolute Gasteiger partial charge is 0.320 e. The summed E-state index contributed by atoms with van der Waals surface area (Å²) in [6.07, 6.45) is 4.86. The molecule has 5 nitrogen and oxygen atoms in total. The number of likely N-dealkylation sites (tertiary alicyclic amines) is 2. The van der Waals surface area contributed by atoms with Gasteiger partial charge < -0.3 is 14.9 Å². The Kier molecular flexibility index (Phi) is 4.55. The molecular weight excluding hydrogens is 256 g/mol. The minimum atomic E-state index is -0.791. The van der Waals surface area contributed by atoms with Gasteiger partial charge in [0.25, 0.3) is 0 Å². The first-order valence-electron chi connectivity index (χ1n) is 7.73. The first kappa shape index (κ1) is 15.1. The van der Waals surface area contributed by atoms with Crippen LogP contribution in [0.4, 0.5) is 4.79 Å². The fraction of sp³-hybridized carbons (Fsp3) is 0.867. The van der Waals surface area contributed by atoms with Crippen molar-refractivity contribution in [2.24, 2.45) is 11.3 Å². The number of carbonyl (C=O) groups excluding carboxylic acids is 1. The van der Waals surface area contributed by atoms with E-state index in [-0.39, 0.29) is 6.03 Å². The molecule has 2 saturated heterocycles. The molecule has 2 atom stereocenters. The fourth-order valence-electron chi connectivity index (χ4n) is 3.43. The Balaban J connectivity index is 1.94. The van der Waals surface area contributed by atoms with Gasteiger partial charge in [0.2, 0.25) is 0 Å². The lowest BCUT2D eigenvalue weighted by molar-refractivity contribution is -0.150. The van der Waals surface area contributed by atoms with Gasteiger partial charge in [0.15, 0.2) is 0 Å². The molecule has 114 valence electrons.